The van der Waals surface area contributed by atoms with Crippen LogP contribution in [0.4, 0.5) is 0 Å². The fraction of sp³-hybridized carbons (Fsp3) is 1.00. The molecule has 2 heteroatoms. The molecule has 0 nitrogen and oxygen atoms in total. The van der Waals surface area contributed by atoms with Gasteiger partial charge >= 0.3 is 181 Å². The summed E-state index contributed by atoms with van der Waals surface area (Å²) < 4.78 is 3.01. The zero-order valence-corrected chi connectivity index (χ0v) is 24.7. The minimum absolute atomic E-state index is 0.502. The minimum atomic E-state index is -0.554. The quantitative estimate of drug-likeness (QED) is 0.261. The van der Waals surface area contributed by atoms with Crippen LogP contribution in [-0.2, 0) is 33.5 Å². The van der Waals surface area contributed by atoms with Crippen LogP contribution in [0, 0.1) is 0 Å². The third kappa shape index (κ3) is 10.8. The average molecular weight is 556 g/mol. The summed E-state index contributed by atoms with van der Waals surface area (Å²) in [6.45, 7) is 43.3. The van der Waals surface area contributed by atoms with E-state index in [2.05, 4.69) is 125 Å². The zero-order chi connectivity index (χ0) is 22.2. The third-order valence-electron chi connectivity index (χ3n) is 2.85. The van der Waals surface area contributed by atoms with Gasteiger partial charge in [0.05, 0.1) is 0 Å². The maximum atomic E-state index is 2.41. The third-order valence-corrected chi connectivity index (χ3v) is 16.8. The normalized spacial score (nSPS) is 15.9. The zero-order valence-electron chi connectivity index (χ0n) is 21.6. The van der Waals surface area contributed by atoms with Gasteiger partial charge < -0.3 is 0 Å². The van der Waals surface area contributed by atoms with Crippen LogP contribution >= 0.6 is 0 Å². The van der Waals surface area contributed by atoms with Crippen LogP contribution in [0.15, 0.2) is 0 Å². The first kappa shape index (κ1) is 29.5. The molecule has 0 fully saturated rings. The van der Waals surface area contributed by atoms with Gasteiger partial charge in [0.15, 0.2) is 0 Å². The van der Waals surface area contributed by atoms with Crippen molar-refractivity contribution in [1.82, 2.24) is 0 Å². The number of hydrogen-bond acceptors (Lipinski definition) is 0. The molecule has 0 radical (unpaired) electrons. The molecule has 0 aliphatic carbocycles. The van der Waals surface area contributed by atoms with Crippen molar-refractivity contribution in [1.29, 1.82) is 0 Å². The molecule has 26 heavy (non-hydrogen) atoms. The van der Waals surface area contributed by atoms with E-state index in [1.807, 2.05) is 0 Å². The Bertz CT molecular complexity index is 297. The van der Waals surface area contributed by atoms with E-state index in [4.69, 9.17) is 0 Å². The topological polar surface area (TPSA) is 0 Å². The van der Waals surface area contributed by atoms with Crippen molar-refractivity contribution in [2.75, 3.05) is 0 Å². The molecule has 0 aliphatic heterocycles. The summed E-state index contributed by atoms with van der Waals surface area (Å²) in [4.78, 5) is 0. The molecular formula is C24H54Pd2. The van der Waals surface area contributed by atoms with Crippen LogP contribution in [0.1, 0.15) is 125 Å². The Morgan fingerprint density at radius 3 is 0.308 bits per heavy atom. The Hall–Kier alpha value is 1.32. The standard InChI is InChI=1S/6C4H9.2Pd/c6*1-4(2)3;;/h6*1-3H3;;. The molecule has 0 bridgehead atoms. The second kappa shape index (κ2) is 8.99. The van der Waals surface area contributed by atoms with E-state index in [0.717, 1.165) is 0 Å². The molecule has 0 amide bonds. The molecule has 0 heterocycles. The van der Waals surface area contributed by atoms with Gasteiger partial charge in [0.1, 0.15) is 0 Å². The summed E-state index contributed by atoms with van der Waals surface area (Å²) in [5.74, 6) is 0. The second-order valence-electron chi connectivity index (χ2n) is 12.3. The van der Waals surface area contributed by atoms with Crippen LogP contribution in [0.3, 0.4) is 0 Å². The van der Waals surface area contributed by atoms with Crippen molar-refractivity contribution in [3.8, 4) is 0 Å². The van der Waals surface area contributed by atoms with Crippen molar-refractivity contribution < 1.29 is 33.5 Å². The first-order valence-electron chi connectivity index (χ1n) is 9.95. The first-order valence-corrected chi connectivity index (χ1v) is 14.6. The van der Waals surface area contributed by atoms with Crippen molar-refractivity contribution >= 4 is 0 Å². The number of rotatable bonds is 0. The molecule has 0 aromatic heterocycles. The van der Waals surface area contributed by atoms with E-state index in [9.17, 15) is 0 Å². The van der Waals surface area contributed by atoms with E-state index in [1.165, 1.54) is 0 Å². The maximum absolute atomic E-state index is 2.41. The van der Waals surface area contributed by atoms with E-state index in [0.29, 0.717) is 23.3 Å². The predicted octanol–water partition coefficient (Wildman–Crippen LogP) is 10.5. The van der Waals surface area contributed by atoms with E-state index in [-0.39, 0.29) is 0 Å². The monoisotopic (exact) mass is 554 g/mol. The Labute approximate surface area is 180 Å². The van der Waals surface area contributed by atoms with Crippen molar-refractivity contribution in [2.24, 2.45) is 0 Å². The summed E-state index contributed by atoms with van der Waals surface area (Å²) in [6, 6.07) is 0. The summed E-state index contributed by atoms with van der Waals surface area (Å²) >= 11 is -1.11. The molecular weight excluding hydrogens is 501 g/mol. The molecule has 0 unspecified atom stereocenters. The molecule has 0 aromatic rings. The van der Waals surface area contributed by atoms with Crippen LogP contribution < -0.4 is 0 Å². The van der Waals surface area contributed by atoms with E-state index < -0.39 is 33.5 Å². The molecule has 0 atom stereocenters. The SMILES string of the molecule is C[C](C)(C)[Pd]([C](C)(C)C)[C](C)(C)C.C[C](C)(C)[Pd]([C](C)(C)C)[C](C)(C)C. The van der Waals surface area contributed by atoms with Crippen LogP contribution in [0.5, 0.6) is 0 Å². The fourth-order valence-corrected chi connectivity index (χ4v) is 25.3. The summed E-state index contributed by atoms with van der Waals surface area (Å²) in [7, 11) is 0. The van der Waals surface area contributed by atoms with Gasteiger partial charge in [-0.2, -0.15) is 0 Å². The van der Waals surface area contributed by atoms with Gasteiger partial charge in [-0.05, 0) is 0 Å². The van der Waals surface area contributed by atoms with Crippen LogP contribution in [0.2, 0.25) is 23.3 Å². The van der Waals surface area contributed by atoms with Gasteiger partial charge in [0.25, 0.3) is 0 Å². The summed E-state index contributed by atoms with van der Waals surface area (Å²) in [5.41, 5.74) is 0. The second-order valence-corrected chi connectivity index (χ2v) is 28.6. The summed E-state index contributed by atoms with van der Waals surface area (Å²) in [5, 5.41) is 0. The predicted molar refractivity (Wildman–Crippen MR) is 118 cm³/mol. The molecule has 0 N–H and O–H groups in total. The Morgan fingerprint density at radius 2 is 0.308 bits per heavy atom. The molecule has 0 rings (SSSR count). The van der Waals surface area contributed by atoms with Gasteiger partial charge in [-0.25, -0.2) is 0 Å². The molecule has 0 aliphatic rings. The van der Waals surface area contributed by atoms with Gasteiger partial charge in [0, 0.05) is 0 Å². The van der Waals surface area contributed by atoms with Crippen molar-refractivity contribution in [3.63, 3.8) is 0 Å². The fourth-order valence-electron chi connectivity index (χ4n) is 4.27. The molecule has 0 saturated heterocycles. The van der Waals surface area contributed by atoms with Gasteiger partial charge in [-0.1, -0.05) is 0 Å². The van der Waals surface area contributed by atoms with E-state index in [1.54, 1.807) is 0 Å². The Balaban J connectivity index is 0. The molecule has 0 saturated carbocycles. The molecule has 0 aromatic carbocycles. The molecule has 170 valence electrons. The van der Waals surface area contributed by atoms with Gasteiger partial charge in [-0.15, -0.1) is 0 Å². The Kier molecular flexibility index (Phi) is 10.2. The van der Waals surface area contributed by atoms with Gasteiger partial charge in [0.2, 0.25) is 0 Å². The van der Waals surface area contributed by atoms with Crippen molar-refractivity contribution in [3.05, 3.63) is 0 Å². The Morgan fingerprint density at radius 1 is 0.231 bits per heavy atom. The van der Waals surface area contributed by atoms with Crippen LogP contribution in [0.25, 0.3) is 0 Å². The number of hydrogen-bond donors (Lipinski definition) is 0. The first-order chi connectivity index (χ1) is 10.7. The van der Waals surface area contributed by atoms with E-state index >= 15 is 0 Å². The van der Waals surface area contributed by atoms with Crippen LogP contribution in [-0.4, -0.2) is 0 Å². The van der Waals surface area contributed by atoms with Crippen molar-refractivity contribution in [2.45, 2.75) is 148 Å². The summed E-state index contributed by atoms with van der Waals surface area (Å²) in [6.07, 6.45) is 0. The average Bonchev–Trinajstić information content (AvgIpc) is 1.97. The van der Waals surface area contributed by atoms with Gasteiger partial charge in [-0.3, -0.25) is 0 Å². The molecule has 0 spiro atoms.